The van der Waals surface area contributed by atoms with Crippen LogP contribution in [0.5, 0.6) is 5.75 Å². The number of nitrogens with two attached hydrogens (primary N) is 1. The van der Waals surface area contributed by atoms with Crippen LogP contribution in [0.1, 0.15) is 39.2 Å². The molecule has 2 atom stereocenters. The fourth-order valence-electron chi connectivity index (χ4n) is 3.21. The minimum absolute atomic E-state index is 0.318. The number of methoxy groups -OCH3 is 1. The maximum Gasteiger partial charge on any atom is 0.118 e. The third kappa shape index (κ3) is 3.74. The Morgan fingerprint density at radius 1 is 1.20 bits per heavy atom. The summed E-state index contributed by atoms with van der Waals surface area (Å²) in [5, 5.41) is 0. The number of likely N-dealkylation sites (N-methyl/N-ethyl adjacent to an activating group) is 1. The summed E-state index contributed by atoms with van der Waals surface area (Å²) >= 11 is 0. The van der Waals surface area contributed by atoms with Gasteiger partial charge in [-0.05, 0) is 50.6 Å². The molecule has 0 aromatic heterocycles. The molecule has 0 aliphatic carbocycles. The van der Waals surface area contributed by atoms with Gasteiger partial charge in [0.2, 0.25) is 0 Å². The van der Waals surface area contributed by atoms with E-state index >= 15 is 0 Å². The van der Waals surface area contributed by atoms with Gasteiger partial charge in [-0.2, -0.15) is 0 Å². The first-order valence-electron chi connectivity index (χ1n) is 7.45. The second-order valence-corrected chi connectivity index (χ2v) is 6.25. The van der Waals surface area contributed by atoms with Crippen LogP contribution in [-0.4, -0.2) is 32.1 Å². The highest BCUT2D eigenvalue weighted by Gasteiger charge is 2.37. The molecule has 0 aliphatic rings. The molecule has 2 N–H and O–H groups in total. The van der Waals surface area contributed by atoms with Crippen molar-refractivity contribution in [1.82, 2.24) is 4.90 Å². The molecule has 0 heterocycles. The summed E-state index contributed by atoms with van der Waals surface area (Å²) in [5.41, 5.74) is 7.74. The summed E-state index contributed by atoms with van der Waals surface area (Å²) in [6.45, 7) is 6.66. The van der Waals surface area contributed by atoms with Gasteiger partial charge in [-0.25, -0.2) is 0 Å². The Balaban J connectivity index is 3.20. The predicted molar refractivity (Wildman–Crippen MR) is 86.1 cm³/mol. The van der Waals surface area contributed by atoms with Crippen molar-refractivity contribution in [3.05, 3.63) is 29.8 Å². The Labute approximate surface area is 124 Å². The number of hydrogen-bond donors (Lipinski definition) is 1. The van der Waals surface area contributed by atoms with Gasteiger partial charge in [0, 0.05) is 6.04 Å². The van der Waals surface area contributed by atoms with Gasteiger partial charge in [0.25, 0.3) is 0 Å². The molecule has 0 fully saturated rings. The standard InChI is InChI=1S/C17H30N2O/c1-7-16(19(4)5)17(18,12-13(2)3)14-8-10-15(20-6)11-9-14/h8-11,13,16H,7,12,18H2,1-6H3. The van der Waals surface area contributed by atoms with Crippen LogP contribution < -0.4 is 10.5 Å². The van der Waals surface area contributed by atoms with Crippen LogP contribution in [0.3, 0.4) is 0 Å². The highest BCUT2D eigenvalue weighted by atomic mass is 16.5. The molecule has 0 saturated carbocycles. The smallest absolute Gasteiger partial charge is 0.118 e. The van der Waals surface area contributed by atoms with Gasteiger partial charge in [0.05, 0.1) is 12.6 Å². The van der Waals surface area contributed by atoms with Crippen molar-refractivity contribution < 1.29 is 4.74 Å². The topological polar surface area (TPSA) is 38.5 Å². The van der Waals surface area contributed by atoms with E-state index in [1.165, 1.54) is 5.56 Å². The molecule has 0 saturated heterocycles. The van der Waals surface area contributed by atoms with Crippen LogP contribution in [0.25, 0.3) is 0 Å². The summed E-state index contributed by atoms with van der Waals surface area (Å²) in [5.74, 6) is 1.43. The molecule has 3 nitrogen and oxygen atoms in total. The molecule has 1 rings (SSSR count). The summed E-state index contributed by atoms with van der Waals surface area (Å²) in [7, 11) is 5.91. The molecule has 1 aromatic rings. The number of benzene rings is 1. The maximum absolute atomic E-state index is 6.89. The first kappa shape index (κ1) is 17.0. The molecule has 0 aliphatic heterocycles. The van der Waals surface area contributed by atoms with Crippen molar-refractivity contribution in [1.29, 1.82) is 0 Å². The lowest BCUT2D eigenvalue weighted by atomic mass is 9.76. The van der Waals surface area contributed by atoms with Gasteiger partial charge in [-0.3, -0.25) is 0 Å². The van der Waals surface area contributed by atoms with E-state index in [4.69, 9.17) is 10.5 Å². The zero-order chi connectivity index (χ0) is 15.3. The second-order valence-electron chi connectivity index (χ2n) is 6.25. The van der Waals surface area contributed by atoms with E-state index in [1.54, 1.807) is 7.11 Å². The number of rotatable bonds is 7. The van der Waals surface area contributed by atoms with Crippen LogP contribution in [0.2, 0.25) is 0 Å². The number of hydrogen-bond acceptors (Lipinski definition) is 3. The van der Waals surface area contributed by atoms with Gasteiger partial charge in [-0.15, -0.1) is 0 Å². The maximum atomic E-state index is 6.89. The Bertz CT molecular complexity index is 400. The molecule has 0 amide bonds. The van der Waals surface area contributed by atoms with Crippen molar-refractivity contribution >= 4 is 0 Å². The monoisotopic (exact) mass is 278 g/mol. The van der Waals surface area contributed by atoms with E-state index in [1.807, 2.05) is 12.1 Å². The molecule has 0 bridgehead atoms. The van der Waals surface area contributed by atoms with Crippen molar-refractivity contribution in [2.75, 3.05) is 21.2 Å². The highest BCUT2D eigenvalue weighted by molar-refractivity contribution is 5.33. The highest BCUT2D eigenvalue weighted by Crippen LogP contribution is 2.34. The minimum Gasteiger partial charge on any atom is -0.497 e. The fourth-order valence-corrected chi connectivity index (χ4v) is 3.21. The lowest BCUT2D eigenvalue weighted by molar-refractivity contribution is 0.147. The molecule has 3 heteroatoms. The van der Waals surface area contributed by atoms with Gasteiger partial charge in [-0.1, -0.05) is 32.9 Å². The largest absolute Gasteiger partial charge is 0.497 e. The summed E-state index contributed by atoms with van der Waals surface area (Å²) in [6, 6.07) is 8.53. The van der Waals surface area contributed by atoms with Crippen LogP contribution in [0, 0.1) is 5.92 Å². The second kappa shape index (κ2) is 7.09. The van der Waals surface area contributed by atoms with Crippen LogP contribution in [0.4, 0.5) is 0 Å². The van der Waals surface area contributed by atoms with E-state index in [0.29, 0.717) is 12.0 Å². The quantitative estimate of drug-likeness (QED) is 0.832. The van der Waals surface area contributed by atoms with E-state index in [2.05, 4.69) is 51.9 Å². The van der Waals surface area contributed by atoms with Gasteiger partial charge in [0.1, 0.15) is 5.75 Å². The van der Waals surface area contributed by atoms with Gasteiger partial charge in [0.15, 0.2) is 0 Å². The zero-order valence-corrected chi connectivity index (χ0v) is 13.8. The fraction of sp³-hybridized carbons (Fsp3) is 0.647. The summed E-state index contributed by atoms with van der Waals surface area (Å²) in [4.78, 5) is 2.24. The predicted octanol–water partition coefficient (Wildman–Crippen LogP) is 3.24. The average molecular weight is 278 g/mol. The normalized spacial score (nSPS) is 16.2. The van der Waals surface area contributed by atoms with E-state index in [9.17, 15) is 0 Å². The lowest BCUT2D eigenvalue weighted by Crippen LogP contribution is -2.54. The Kier molecular flexibility index (Phi) is 6.03. The zero-order valence-electron chi connectivity index (χ0n) is 13.8. The van der Waals surface area contributed by atoms with Gasteiger partial charge >= 0.3 is 0 Å². The molecular weight excluding hydrogens is 248 g/mol. The third-order valence-corrected chi connectivity index (χ3v) is 3.98. The van der Waals surface area contributed by atoms with E-state index < -0.39 is 0 Å². The SMILES string of the molecule is CCC(N(C)C)C(N)(CC(C)C)c1ccc(OC)cc1. The Hall–Kier alpha value is -1.06. The summed E-state index contributed by atoms with van der Waals surface area (Å²) in [6.07, 6.45) is 2.00. The summed E-state index contributed by atoms with van der Waals surface area (Å²) < 4.78 is 5.25. The van der Waals surface area contributed by atoms with Crippen molar-refractivity contribution in [3.63, 3.8) is 0 Å². The molecule has 0 radical (unpaired) electrons. The van der Waals surface area contributed by atoms with E-state index in [0.717, 1.165) is 18.6 Å². The van der Waals surface area contributed by atoms with Crippen LogP contribution in [0.15, 0.2) is 24.3 Å². The lowest BCUT2D eigenvalue weighted by Gasteiger charge is -2.42. The number of ether oxygens (including phenoxy) is 1. The van der Waals surface area contributed by atoms with E-state index in [-0.39, 0.29) is 5.54 Å². The third-order valence-electron chi connectivity index (χ3n) is 3.98. The van der Waals surface area contributed by atoms with Crippen LogP contribution in [-0.2, 0) is 5.54 Å². The van der Waals surface area contributed by atoms with Crippen molar-refractivity contribution in [2.45, 2.75) is 45.2 Å². The van der Waals surface area contributed by atoms with Crippen LogP contribution >= 0.6 is 0 Å². The Morgan fingerprint density at radius 3 is 2.10 bits per heavy atom. The average Bonchev–Trinajstić information content (AvgIpc) is 2.38. The molecule has 114 valence electrons. The minimum atomic E-state index is -0.335. The molecule has 0 spiro atoms. The molecule has 2 unspecified atom stereocenters. The Morgan fingerprint density at radius 2 is 1.75 bits per heavy atom. The van der Waals surface area contributed by atoms with Crippen molar-refractivity contribution in [3.8, 4) is 5.75 Å². The van der Waals surface area contributed by atoms with Crippen molar-refractivity contribution in [2.24, 2.45) is 11.7 Å². The molecular formula is C17H30N2O. The number of nitrogens with zero attached hydrogens (tertiary/aromatic N) is 1. The van der Waals surface area contributed by atoms with Gasteiger partial charge < -0.3 is 15.4 Å². The first-order valence-corrected chi connectivity index (χ1v) is 7.45. The molecule has 20 heavy (non-hydrogen) atoms. The molecule has 1 aromatic carbocycles. The first-order chi connectivity index (χ1) is 9.35.